The predicted octanol–water partition coefficient (Wildman–Crippen LogP) is 6.25. The van der Waals surface area contributed by atoms with Gasteiger partial charge >= 0.3 is 0 Å². The normalized spacial score (nSPS) is 16.2. The molecule has 0 fully saturated rings. The van der Waals surface area contributed by atoms with Crippen LogP contribution < -0.4 is 9.64 Å². The molecule has 166 valence electrons. The summed E-state index contributed by atoms with van der Waals surface area (Å²) < 4.78 is 11.2. The van der Waals surface area contributed by atoms with E-state index in [0.29, 0.717) is 27.4 Å². The lowest BCUT2D eigenvalue weighted by atomic mass is 9.99. The summed E-state index contributed by atoms with van der Waals surface area (Å²) in [5.41, 5.74) is 1.69. The topological polar surface area (TPSA) is 80.0 Å². The van der Waals surface area contributed by atoms with Crippen molar-refractivity contribution in [3.05, 3.63) is 92.5 Å². The van der Waals surface area contributed by atoms with Crippen LogP contribution in [0.2, 0.25) is 5.02 Å². The Morgan fingerprint density at radius 3 is 2.70 bits per heavy atom. The Bertz CT molecular complexity index is 1440. The van der Waals surface area contributed by atoms with Crippen LogP contribution >= 0.6 is 22.9 Å². The third kappa shape index (κ3) is 3.41. The Balaban J connectivity index is 1.65. The molecule has 2 aromatic carbocycles. The molecular formula is C25H18ClNO5S. The van der Waals surface area contributed by atoms with Gasteiger partial charge in [0.25, 0.3) is 5.91 Å². The SMILES string of the molecule is COc1cccc2cc(C(=O)C3=C(O)C(=O)N(c4ccc(Cl)cc4C)C3c3cccs3)oc12. The van der Waals surface area contributed by atoms with E-state index in [1.54, 1.807) is 42.5 Å². The van der Waals surface area contributed by atoms with Crippen LogP contribution in [0.3, 0.4) is 0 Å². The zero-order valence-corrected chi connectivity index (χ0v) is 19.2. The van der Waals surface area contributed by atoms with Gasteiger partial charge in [0.05, 0.1) is 12.7 Å². The number of carbonyl (C=O) groups excluding carboxylic acids is 2. The van der Waals surface area contributed by atoms with E-state index < -0.39 is 23.5 Å². The second-order valence-electron chi connectivity index (χ2n) is 7.60. The first-order valence-corrected chi connectivity index (χ1v) is 11.3. The number of aliphatic hydroxyl groups is 1. The molecule has 0 radical (unpaired) electrons. The van der Waals surface area contributed by atoms with Crippen LogP contribution in [0.1, 0.15) is 27.0 Å². The second-order valence-corrected chi connectivity index (χ2v) is 9.02. The first-order valence-electron chi connectivity index (χ1n) is 10.1. The maximum atomic E-state index is 13.6. The van der Waals surface area contributed by atoms with Crippen molar-refractivity contribution in [1.29, 1.82) is 0 Å². The average molecular weight is 480 g/mol. The van der Waals surface area contributed by atoms with Crippen molar-refractivity contribution in [2.75, 3.05) is 12.0 Å². The number of benzene rings is 2. The van der Waals surface area contributed by atoms with E-state index in [4.69, 9.17) is 20.8 Å². The number of anilines is 1. The van der Waals surface area contributed by atoms with Crippen molar-refractivity contribution in [3.63, 3.8) is 0 Å². The van der Waals surface area contributed by atoms with E-state index in [1.165, 1.54) is 23.3 Å². The molecular weight excluding hydrogens is 462 g/mol. The van der Waals surface area contributed by atoms with Crippen molar-refractivity contribution in [2.24, 2.45) is 0 Å². The second kappa shape index (κ2) is 8.10. The Hall–Kier alpha value is -3.55. The summed E-state index contributed by atoms with van der Waals surface area (Å²) in [5, 5.41) is 14.0. The van der Waals surface area contributed by atoms with Crippen molar-refractivity contribution < 1.29 is 23.8 Å². The fraction of sp³-hybridized carbons (Fsp3) is 0.120. The molecule has 1 aliphatic rings. The van der Waals surface area contributed by atoms with E-state index >= 15 is 0 Å². The number of aryl methyl sites for hydroxylation is 1. The van der Waals surface area contributed by atoms with Crippen LogP contribution in [0.4, 0.5) is 5.69 Å². The third-order valence-corrected chi connectivity index (χ3v) is 6.80. The number of furan rings is 1. The van der Waals surface area contributed by atoms with E-state index in [1.807, 2.05) is 24.4 Å². The average Bonchev–Trinajstić information content (AvgIpc) is 3.53. The van der Waals surface area contributed by atoms with Gasteiger partial charge in [0.2, 0.25) is 5.78 Å². The maximum absolute atomic E-state index is 13.6. The fourth-order valence-corrected chi connectivity index (χ4v) is 5.18. The first kappa shape index (κ1) is 21.3. The van der Waals surface area contributed by atoms with Crippen LogP contribution in [0.25, 0.3) is 11.0 Å². The standard InChI is InChI=1S/C25H18ClNO5S/c1-13-11-15(26)8-9-16(13)27-21(19-7-4-10-33-19)20(23(29)25(27)30)22(28)18-12-14-5-3-6-17(31-2)24(14)32-18/h3-12,21,29H,1-2H3. The van der Waals surface area contributed by atoms with Crippen molar-refractivity contribution in [2.45, 2.75) is 13.0 Å². The van der Waals surface area contributed by atoms with E-state index in [2.05, 4.69) is 0 Å². The van der Waals surface area contributed by atoms with Crippen molar-refractivity contribution >= 4 is 51.3 Å². The zero-order valence-electron chi connectivity index (χ0n) is 17.7. The molecule has 0 saturated heterocycles. The molecule has 5 rings (SSSR count). The number of ketones is 1. The molecule has 1 N–H and O–H groups in total. The van der Waals surface area contributed by atoms with Gasteiger partial charge in [0.15, 0.2) is 22.9 Å². The summed E-state index contributed by atoms with van der Waals surface area (Å²) in [6, 6.07) is 14.9. The summed E-state index contributed by atoms with van der Waals surface area (Å²) in [5.74, 6) is -1.32. The molecule has 1 aliphatic heterocycles. The molecule has 1 atom stereocenters. The summed E-state index contributed by atoms with van der Waals surface area (Å²) in [4.78, 5) is 29.1. The third-order valence-electron chi connectivity index (χ3n) is 5.64. The number of nitrogens with zero attached hydrogens (tertiary/aromatic N) is 1. The summed E-state index contributed by atoms with van der Waals surface area (Å²) in [7, 11) is 1.52. The zero-order chi connectivity index (χ0) is 23.3. The number of rotatable bonds is 5. The number of Topliss-reactive ketones (excluding diaryl/α,β-unsaturated/α-hetero) is 1. The predicted molar refractivity (Wildman–Crippen MR) is 127 cm³/mol. The molecule has 1 amide bonds. The molecule has 0 bridgehead atoms. The van der Waals surface area contributed by atoms with Gasteiger partial charge in [-0.05, 0) is 54.3 Å². The number of para-hydroxylation sites is 1. The largest absolute Gasteiger partial charge is 0.503 e. The van der Waals surface area contributed by atoms with E-state index in [-0.39, 0.29) is 11.3 Å². The molecule has 1 unspecified atom stereocenters. The Labute approximate surface area is 198 Å². The Morgan fingerprint density at radius 2 is 2.00 bits per heavy atom. The highest BCUT2D eigenvalue weighted by molar-refractivity contribution is 7.10. The number of fused-ring (bicyclic) bond motifs is 1. The van der Waals surface area contributed by atoms with Gasteiger partial charge in [0.1, 0.15) is 6.04 Å². The number of aliphatic hydroxyl groups excluding tert-OH is 1. The van der Waals surface area contributed by atoms with Gasteiger partial charge in [-0.15, -0.1) is 11.3 Å². The summed E-state index contributed by atoms with van der Waals surface area (Å²) in [6.45, 7) is 1.82. The number of hydrogen-bond donors (Lipinski definition) is 1. The highest BCUT2D eigenvalue weighted by Gasteiger charge is 2.46. The fourth-order valence-electron chi connectivity index (χ4n) is 4.13. The molecule has 3 heterocycles. The molecule has 8 heteroatoms. The summed E-state index contributed by atoms with van der Waals surface area (Å²) >= 11 is 7.50. The van der Waals surface area contributed by atoms with Crippen LogP contribution in [-0.2, 0) is 4.79 Å². The highest BCUT2D eigenvalue weighted by atomic mass is 35.5. The van der Waals surface area contributed by atoms with Gasteiger partial charge in [-0.3, -0.25) is 14.5 Å². The smallest absolute Gasteiger partial charge is 0.294 e. The lowest BCUT2D eigenvalue weighted by Gasteiger charge is -2.27. The number of halogens is 1. The molecule has 0 aliphatic carbocycles. The lowest BCUT2D eigenvalue weighted by Crippen LogP contribution is -2.31. The Kier molecular flexibility index (Phi) is 5.23. The van der Waals surface area contributed by atoms with Crippen LogP contribution in [-0.4, -0.2) is 23.9 Å². The number of methoxy groups -OCH3 is 1. The number of thiophene rings is 1. The van der Waals surface area contributed by atoms with Gasteiger partial charge in [0, 0.05) is 21.0 Å². The van der Waals surface area contributed by atoms with Gasteiger partial charge in [-0.1, -0.05) is 29.8 Å². The number of amides is 1. The lowest BCUT2D eigenvalue weighted by molar-refractivity contribution is -0.117. The van der Waals surface area contributed by atoms with Crippen molar-refractivity contribution in [1.82, 2.24) is 0 Å². The Morgan fingerprint density at radius 1 is 1.18 bits per heavy atom. The van der Waals surface area contributed by atoms with E-state index in [0.717, 1.165) is 10.4 Å². The highest BCUT2D eigenvalue weighted by Crippen LogP contribution is 2.45. The molecule has 0 spiro atoms. The minimum Gasteiger partial charge on any atom is -0.503 e. The molecule has 4 aromatic rings. The van der Waals surface area contributed by atoms with Gasteiger partial charge in [-0.25, -0.2) is 0 Å². The molecule has 33 heavy (non-hydrogen) atoms. The van der Waals surface area contributed by atoms with Crippen molar-refractivity contribution in [3.8, 4) is 5.75 Å². The molecule has 0 saturated carbocycles. The summed E-state index contributed by atoms with van der Waals surface area (Å²) in [6.07, 6.45) is 0. The molecule has 2 aromatic heterocycles. The monoisotopic (exact) mass is 479 g/mol. The van der Waals surface area contributed by atoms with Crippen LogP contribution in [0, 0.1) is 6.92 Å². The van der Waals surface area contributed by atoms with Crippen LogP contribution in [0.5, 0.6) is 5.75 Å². The molecule has 6 nitrogen and oxygen atoms in total. The van der Waals surface area contributed by atoms with Gasteiger partial charge in [-0.2, -0.15) is 0 Å². The number of hydrogen-bond acceptors (Lipinski definition) is 6. The number of carbonyl (C=O) groups is 2. The number of ether oxygens (including phenoxy) is 1. The first-order chi connectivity index (χ1) is 15.9. The quantitative estimate of drug-likeness (QED) is 0.342. The maximum Gasteiger partial charge on any atom is 0.294 e. The minimum absolute atomic E-state index is 0.0140. The van der Waals surface area contributed by atoms with Gasteiger partial charge < -0.3 is 14.3 Å². The van der Waals surface area contributed by atoms with Crippen LogP contribution in [0.15, 0.2) is 75.7 Å². The van der Waals surface area contributed by atoms with E-state index in [9.17, 15) is 14.7 Å². The minimum atomic E-state index is -0.806.